The van der Waals surface area contributed by atoms with Gasteiger partial charge in [-0.15, -0.1) is 0 Å². The minimum absolute atomic E-state index is 0.0702. The lowest BCUT2D eigenvalue weighted by molar-refractivity contribution is -0.134. The van der Waals surface area contributed by atoms with Gasteiger partial charge in [0.05, 0.1) is 6.54 Å². The topological polar surface area (TPSA) is 93.9 Å². The van der Waals surface area contributed by atoms with Crippen molar-refractivity contribution in [1.29, 1.82) is 0 Å². The van der Waals surface area contributed by atoms with Crippen molar-refractivity contribution in [1.82, 2.24) is 14.5 Å². The molecule has 10 heteroatoms. The van der Waals surface area contributed by atoms with Crippen molar-refractivity contribution in [2.24, 2.45) is 5.41 Å². The van der Waals surface area contributed by atoms with E-state index in [1.165, 1.54) is 6.07 Å². The molecule has 2 saturated carbocycles. The van der Waals surface area contributed by atoms with Crippen LogP contribution >= 0.6 is 0 Å². The number of alkyl halides is 2. The Kier molecular flexibility index (Phi) is 6.00. The number of nitrogens with zero attached hydrogens (tertiary/aromatic N) is 3. The summed E-state index contributed by atoms with van der Waals surface area (Å²) in [6.45, 7) is -1.45. The van der Waals surface area contributed by atoms with Crippen molar-refractivity contribution in [3.8, 4) is 5.75 Å². The summed E-state index contributed by atoms with van der Waals surface area (Å²) in [6, 6.07) is 10.6. The normalized spacial score (nSPS) is 24.1. The van der Waals surface area contributed by atoms with E-state index in [1.807, 2.05) is 23.1 Å². The molecule has 0 saturated heterocycles. The first-order valence-electron chi connectivity index (χ1n) is 12.9. The number of aromatic nitrogens is 2. The maximum absolute atomic E-state index is 13.6. The van der Waals surface area contributed by atoms with Crippen LogP contribution in [0.25, 0.3) is 11.0 Å². The van der Waals surface area contributed by atoms with Crippen LogP contribution in [0.4, 0.5) is 13.6 Å². The minimum atomic E-state index is -2.90. The van der Waals surface area contributed by atoms with Crippen molar-refractivity contribution in [2.75, 3.05) is 6.54 Å². The van der Waals surface area contributed by atoms with E-state index >= 15 is 0 Å². The Labute approximate surface area is 218 Å². The summed E-state index contributed by atoms with van der Waals surface area (Å²) in [5, 5.41) is 10.2. The quantitative estimate of drug-likeness (QED) is 0.418. The number of hydrogen-bond acceptors (Lipinski definition) is 5. The van der Waals surface area contributed by atoms with E-state index in [-0.39, 0.29) is 17.1 Å². The second-order valence-corrected chi connectivity index (χ2v) is 10.9. The number of carbonyl (C=O) groups is 2. The fraction of sp³-hybridized carbons (Fsp3) is 0.464. The Bertz CT molecular complexity index is 1400. The lowest BCUT2D eigenvalue weighted by Gasteiger charge is -2.32. The minimum Gasteiger partial charge on any atom is -0.450 e. The predicted octanol–water partition coefficient (Wildman–Crippen LogP) is 5.36. The van der Waals surface area contributed by atoms with Crippen LogP contribution in [0.15, 0.2) is 42.6 Å². The van der Waals surface area contributed by atoms with Crippen molar-refractivity contribution >= 4 is 23.1 Å². The summed E-state index contributed by atoms with van der Waals surface area (Å²) in [5.41, 5.74) is 2.91. The number of carbonyl (C=O) groups excluding carboxylic acids is 1. The molecule has 1 aliphatic heterocycles. The number of halogens is 2. The number of ether oxygens (including phenoxy) is 2. The molecule has 1 amide bonds. The third-order valence-electron chi connectivity index (χ3n) is 8.58. The Hall–Kier alpha value is -3.69. The summed E-state index contributed by atoms with van der Waals surface area (Å²) in [5.74, 6) is 0.170. The molecule has 2 bridgehead atoms. The fourth-order valence-corrected chi connectivity index (χ4v) is 6.91. The fourth-order valence-electron chi connectivity index (χ4n) is 6.91. The zero-order valence-corrected chi connectivity index (χ0v) is 20.9. The third-order valence-corrected chi connectivity index (χ3v) is 8.58. The molecular formula is C28H29F2N3O5. The van der Waals surface area contributed by atoms with Crippen molar-refractivity contribution in [3.05, 3.63) is 59.4 Å². The van der Waals surface area contributed by atoms with Crippen LogP contribution in [0.2, 0.25) is 0 Å². The van der Waals surface area contributed by atoms with Crippen molar-refractivity contribution < 1.29 is 33.0 Å². The molecule has 200 valence electrons. The molecule has 38 heavy (non-hydrogen) atoms. The summed E-state index contributed by atoms with van der Waals surface area (Å²) >= 11 is 0. The van der Waals surface area contributed by atoms with E-state index < -0.39 is 18.4 Å². The standard InChI is InChI=1S/C28H29F2N3O5/c29-25(30)37-19-4-1-3-18(13-19)15-33-22-16-32(12-6-20(22)21-5-2-11-31-24(21)33)23(34)14-27-7-9-28(17-27,10-8-27)38-26(35)36/h1-5,11,13,25H,6-10,12,14-17H2,(H,35,36). The van der Waals surface area contributed by atoms with Gasteiger partial charge in [-0.05, 0) is 79.3 Å². The van der Waals surface area contributed by atoms with Gasteiger partial charge in [0.1, 0.15) is 17.0 Å². The largest absolute Gasteiger partial charge is 0.506 e. The lowest BCUT2D eigenvalue weighted by Crippen LogP contribution is -2.39. The number of amides is 1. The molecule has 1 aromatic carbocycles. The SMILES string of the molecule is O=C(O)OC12CCC(CC(=O)N3CCc4c(n(Cc5cccc(OC(F)F)c5)c5ncccc45)C3)(CC1)C2. The molecule has 1 N–H and O–H groups in total. The van der Waals surface area contributed by atoms with Gasteiger partial charge in [-0.25, -0.2) is 9.78 Å². The molecular weight excluding hydrogens is 496 g/mol. The zero-order chi connectivity index (χ0) is 26.5. The van der Waals surface area contributed by atoms with Crippen LogP contribution in [0.1, 0.15) is 55.3 Å². The Morgan fingerprint density at radius 1 is 1.13 bits per heavy atom. The van der Waals surface area contributed by atoms with Crippen LogP contribution in [-0.4, -0.2) is 50.4 Å². The number of fused-ring (bicyclic) bond motifs is 5. The highest BCUT2D eigenvalue weighted by molar-refractivity contribution is 5.84. The Morgan fingerprint density at radius 3 is 2.71 bits per heavy atom. The first-order chi connectivity index (χ1) is 18.2. The lowest BCUT2D eigenvalue weighted by atomic mass is 9.80. The molecule has 8 nitrogen and oxygen atoms in total. The monoisotopic (exact) mass is 525 g/mol. The second kappa shape index (κ2) is 9.25. The van der Waals surface area contributed by atoms with Crippen LogP contribution in [0.5, 0.6) is 5.75 Å². The molecule has 0 spiro atoms. The van der Waals surface area contributed by atoms with Gasteiger partial charge in [0.25, 0.3) is 0 Å². The molecule has 3 aromatic rings. The molecule has 0 radical (unpaired) electrons. The van der Waals surface area contributed by atoms with E-state index in [2.05, 4.69) is 14.3 Å². The molecule has 3 aliphatic rings. The number of hydrogen-bond donors (Lipinski definition) is 1. The van der Waals surface area contributed by atoms with E-state index in [9.17, 15) is 18.4 Å². The first kappa shape index (κ1) is 24.6. The van der Waals surface area contributed by atoms with Crippen LogP contribution in [0.3, 0.4) is 0 Å². The van der Waals surface area contributed by atoms with Gasteiger partial charge in [0, 0.05) is 36.8 Å². The predicted molar refractivity (Wildman–Crippen MR) is 133 cm³/mol. The summed E-state index contributed by atoms with van der Waals surface area (Å²) in [4.78, 5) is 31.2. The molecule has 2 fully saturated rings. The van der Waals surface area contributed by atoms with Crippen LogP contribution in [-0.2, 0) is 29.0 Å². The first-order valence-corrected chi connectivity index (χ1v) is 12.9. The Balaban J connectivity index is 1.24. The average molecular weight is 526 g/mol. The van der Waals surface area contributed by atoms with Gasteiger partial charge in [-0.1, -0.05) is 12.1 Å². The van der Waals surface area contributed by atoms with Gasteiger partial charge in [0.2, 0.25) is 5.91 Å². The summed E-state index contributed by atoms with van der Waals surface area (Å²) < 4.78 is 37.4. The zero-order valence-electron chi connectivity index (χ0n) is 20.9. The Morgan fingerprint density at radius 2 is 1.95 bits per heavy atom. The maximum Gasteiger partial charge on any atom is 0.506 e. The van der Waals surface area contributed by atoms with Crippen molar-refractivity contribution in [3.63, 3.8) is 0 Å². The number of benzene rings is 1. The highest BCUT2D eigenvalue weighted by Gasteiger charge is 2.57. The molecule has 0 atom stereocenters. The third kappa shape index (κ3) is 4.46. The smallest absolute Gasteiger partial charge is 0.450 e. The van der Waals surface area contributed by atoms with E-state index in [4.69, 9.17) is 9.84 Å². The van der Waals surface area contributed by atoms with E-state index in [1.54, 1.807) is 18.3 Å². The molecule has 2 aliphatic carbocycles. The van der Waals surface area contributed by atoms with E-state index in [0.717, 1.165) is 40.7 Å². The summed E-state index contributed by atoms with van der Waals surface area (Å²) in [7, 11) is 0. The van der Waals surface area contributed by atoms with Gasteiger partial charge in [-0.2, -0.15) is 8.78 Å². The highest BCUT2D eigenvalue weighted by atomic mass is 19.3. The molecule has 6 rings (SSSR count). The van der Waals surface area contributed by atoms with Crippen molar-refractivity contribution in [2.45, 2.75) is 70.2 Å². The number of carboxylic acid groups (broad SMARTS) is 1. The maximum atomic E-state index is 13.6. The highest BCUT2D eigenvalue weighted by Crippen LogP contribution is 2.60. The van der Waals surface area contributed by atoms with Gasteiger partial charge in [0.15, 0.2) is 0 Å². The van der Waals surface area contributed by atoms with Crippen LogP contribution in [0, 0.1) is 5.41 Å². The van der Waals surface area contributed by atoms with Gasteiger partial charge >= 0.3 is 12.8 Å². The second-order valence-electron chi connectivity index (χ2n) is 10.9. The summed E-state index contributed by atoms with van der Waals surface area (Å²) in [6.07, 6.45) is 5.12. The van der Waals surface area contributed by atoms with Crippen LogP contribution < -0.4 is 4.74 Å². The van der Waals surface area contributed by atoms with Gasteiger partial charge in [-0.3, -0.25) is 4.79 Å². The average Bonchev–Trinajstić information content (AvgIpc) is 3.51. The molecule has 0 unspecified atom stereocenters. The number of rotatable bonds is 7. The molecule has 3 heterocycles. The number of pyridine rings is 1. The van der Waals surface area contributed by atoms with Gasteiger partial charge < -0.3 is 24.0 Å². The van der Waals surface area contributed by atoms with E-state index in [0.29, 0.717) is 51.7 Å². The molecule has 2 aromatic heterocycles.